The van der Waals surface area contributed by atoms with Crippen LogP contribution in [0.3, 0.4) is 0 Å². The van der Waals surface area contributed by atoms with Crippen LogP contribution in [0.5, 0.6) is 0 Å². The normalized spacial score (nSPS) is 21.8. The Hall–Kier alpha value is -0.610. The summed E-state index contributed by atoms with van der Waals surface area (Å²) in [5, 5.41) is 12.5. The standard InChI is InChI=1S/C13H24N2O2/c1-2-7-15(8-10-3-4-10)9-12(13(16)17)14-11-5-6-11/h10-12,14H,2-9H2,1H3,(H,16,17). The molecule has 2 rings (SSSR count). The highest BCUT2D eigenvalue weighted by Gasteiger charge is 2.31. The number of nitrogens with zero attached hydrogens (tertiary/aromatic N) is 1. The van der Waals surface area contributed by atoms with Crippen molar-refractivity contribution in [2.24, 2.45) is 5.92 Å². The van der Waals surface area contributed by atoms with Crippen molar-refractivity contribution in [1.29, 1.82) is 0 Å². The highest BCUT2D eigenvalue weighted by Crippen LogP contribution is 2.29. The van der Waals surface area contributed by atoms with Crippen molar-refractivity contribution in [2.75, 3.05) is 19.6 Å². The van der Waals surface area contributed by atoms with E-state index in [1.54, 1.807) is 0 Å². The Labute approximate surface area is 103 Å². The average molecular weight is 240 g/mol. The summed E-state index contributed by atoms with van der Waals surface area (Å²) in [4.78, 5) is 13.5. The van der Waals surface area contributed by atoms with E-state index in [-0.39, 0.29) is 6.04 Å². The second-order valence-corrected chi connectivity index (χ2v) is 5.53. The molecule has 2 aliphatic rings. The quantitative estimate of drug-likeness (QED) is 0.638. The minimum Gasteiger partial charge on any atom is -0.480 e. The van der Waals surface area contributed by atoms with Crippen molar-refractivity contribution in [1.82, 2.24) is 10.2 Å². The van der Waals surface area contributed by atoms with E-state index in [1.165, 1.54) is 12.8 Å². The first-order chi connectivity index (χ1) is 8.19. The Morgan fingerprint density at radius 1 is 1.41 bits per heavy atom. The molecule has 0 radical (unpaired) electrons. The molecular weight excluding hydrogens is 216 g/mol. The fourth-order valence-corrected chi connectivity index (χ4v) is 2.23. The molecule has 2 fully saturated rings. The molecule has 1 unspecified atom stereocenters. The van der Waals surface area contributed by atoms with Crippen LogP contribution in [0.1, 0.15) is 39.0 Å². The van der Waals surface area contributed by atoms with Gasteiger partial charge in [0.2, 0.25) is 0 Å². The Bertz CT molecular complexity index is 262. The summed E-state index contributed by atoms with van der Waals surface area (Å²) in [6.07, 6.45) is 6.03. The van der Waals surface area contributed by atoms with Crippen molar-refractivity contribution in [3.63, 3.8) is 0 Å². The maximum absolute atomic E-state index is 11.2. The molecule has 0 spiro atoms. The van der Waals surface area contributed by atoms with Crippen LogP contribution in [0.15, 0.2) is 0 Å². The first-order valence-electron chi connectivity index (χ1n) is 6.90. The number of carboxylic acids is 1. The zero-order chi connectivity index (χ0) is 12.3. The predicted molar refractivity (Wildman–Crippen MR) is 67.0 cm³/mol. The van der Waals surface area contributed by atoms with E-state index in [0.717, 1.165) is 38.3 Å². The number of hydrogen-bond donors (Lipinski definition) is 2. The molecule has 2 N–H and O–H groups in total. The van der Waals surface area contributed by atoms with Gasteiger partial charge >= 0.3 is 5.97 Å². The molecular formula is C13H24N2O2. The average Bonchev–Trinajstić information content (AvgIpc) is 3.11. The molecule has 0 saturated heterocycles. The Morgan fingerprint density at radius 2 is 2.12 bits per heavy atom. The Balaban J connectivity index is 1.80. The third kappa shape index (κ3) is 4.64. The molecule has 0 aromatic carbocycles. The molecule has 0 aromatic heterocycles. The van der Waals surface area contributed by atoms with Crippen LogP contribution in [0, 0.1) is 5.92 Å². The van der Waals surface area contributed by atoms with Gasteiger partial charge in [-0.2, -0.15) is 0 Å². The first-order valence-corrected chi connectivity index (χ1v) is 6.90. The smallest absolute Gasteiger partial charge is 0.322 e. The third-order valence-corrected chi connectivity index (χ3v) is 3.51. The SMILES string of the molecule is CCCN(CC1CC1)CC(NC1CC1)C(=O)O. The van der Waals surface area contributed by atoms with Gasteiger partial charge in [0, 0.05) is 19.1 Å². The van der Waals surface area contributed by atoms with Crippen LogP contribution >= 0.6 is 0 Å². The highest BCUT2D eigenvalue weighted by molar-refractivity contribution is 5.73. The van der Waals surface area contributed by atoms with E-state index in [9.17, 15) is 9.90 Å². The maximum Gasteiger partial charge on any atom is 0.322 e. The van der Waals surface area contributed by atoms with Gasteiger partial charge in [-0.05, 0) is 44.6 Å². The molecule has 1 atom stereocenters. The summed E-state index contributed by atoms with van der Waals surface area (Å²) in [5.74, 6) is 0.130. The van der Waals surface area contributed by atoms with Crippen molar-refractivity contribution < 1.29 is 9.90 Å². The zero-order valence-electron chi connectivity index (χ0n) is 10.7. The van der Waals surface area contributed by atoms with E-state index in [4.69, 9.17) is 0 Å². The predicted octanol–water partition coefficient (Wildman–Crippen LogP) is 1.31. The Kier molecular flexibility index (Phi) is 4.40. The zero-order valence-corrected chi connectivity index (χ0v) is 10.7. The van der Waals surface area contributed by atoms with E-state index in [0.29, 0.717) is 12.6 Å². The molecule has 0 amide bonds. The van der Waals surface area contributed by atoms with Crippen LogP contribution in [0.4, 0.5) is 0 Å². The van der Waals surface area contributed by atoms with Gasteiger partial charge in [0.15, 0.2) is 0 Å². The molecule has 98 valence electrons. The van der Waals surface area contributed by atoms with Gasteiger partial charge in [-0.1, -0.05) is 6.92 Å². The third-order valence-electron chi connectivity index (χ3n) is 3.51. The largest absolute Gasteiger partial charge is 0.480 e. The van der Waals surface area contributed by atoms with Gasteiger partial charge in [-0.25, -0.2) is 0 Å². The van der Waals surface area contributed by atoms with Crippen LogP contribution < -0.4 is 5.32 Å². The van der Waals surface area contributed by atoms with E-state index in [1.807, 2.05) is 0 Å². The van der Waals surface area contributed by atoms with Gasteiger partial charge in [0.1, 0.15) is 6.04 Å². The van der Waals surface area contributed by atoms with E-state index in [2.05, 4.69) is 17.1 Å². The van der Waals surface area contributed by atoms with E-state index >= 15 is 0 Å². The van der Waals surface area contributed by atoms with Crippen molar-refractivity contribution in [2.45, 2.75) is 51.1 Å². The molecule has 0 aromatic rings. The van der Waals surface area contributed by atoms with Crippen LogP contribution in [-0.2, 0) is 4.79 Å². The lowest BCUT2D eigenvalue weighted by Gasteiger charge is -2.25. The fourth-order valence-electron chi connectivity index (χ4n) is 2.23. The number of hydrogen-bond acceptors (Lipinski definition) is 3. The van der Waals surface area contributed by atoms with Crippen LogP contribution in [-0.4, -0.2) is 47.7 Å². The second-order valence-electron chi connectivity index (χ2n) is 5.53. The Morgan fingerprint density at radius 3 is 2.59 bits per heavy atom. The van der Waals surface area contributed by atoms with Gasteiger partial charge in [0.05, 0.1) is 0 Å². The monoisotopic (exact) mass is 240 g/mol. The molecule has 0 bridgehead atoms. The minimum absolute atomic E-state index is 0.382. The van der Waals surface area contributed by atoms with Crippen molar-refractivity contribution in [3.05, 3.63) is 0 Å². The van der Waals surface area contributed by atoms with Gasteiger partial charge in [-0.15, -0.1) is 0 Å². The summed E-state index contributed by atoms with van der Waals surface area (Å²) in [6.45, 7) is 4.93. The summed E-state index contributed by atoms with van der Waals surface area (Å²) in [6, 6.07) is 0.0771. The number of aliphatic carboxylic acids is 1. The van der Waals surface area contributed by atoms with Gasteiger partial charge < -0.3 is 15.3 Å². The lowest BCUT2D eigenvalue weighted by atomic mass is 10.2. The maximum atomic E-state index is 11.2. The molecule has 0 aliphatic heterocycles. The molecule has 2 saturated carbocycles. The minimum atomic E-state index is -0.700. The summed E-state index contributed by atoms with van der Waals surface area (Å²) in [7, 11) is 0. The second kappa shape index (κ2) is 5.83. The fraction of sp³-hybridized carbons (Fsp3) is 0.923. The molecule has 0 heterocycles. The lowest BCUT2D eigenvalue weighted by Crippen LogP contribution is -2.47. The summed E-state index contributed by atoms with van der Waals surface area (Å²) < 4.78 is 0. The number of rotatable bonds is 9. The first kappa shape index (κ1) is 12.8. The summed E-state index contributed by atoms with van der Waals surface area (Å²) in [5.41, 5.74) is 0. The van der Waals surface area contributed by atoms with Crippen molar-refractivity contribution in [3.8, 4) is 0 Å². The molecule has 17 heavy (non-hydrogen) atoms. The highest BCUT2D eigenvalue weighted by atomic mass is 16.4. The number of carboxylic acid groups (broad SMARTS) is 1. The van der Waals surface area contributed by atoms with Gasteiger partial charge in [-0.3, -0.25) is 4.79 Å². The van der Waals surface area contributed by atoms with Crippen LogP contribution in [0.25, 0.3) is 0 Å². The van der Waals surface area contributed by atoms with Crippen molar-refractivity contribution >= 4 is 5.97 Å². The number of carbonyl (C=O) groups is 1. The molecule has 4 nitrogen and oxygen atoms in total. The summed E-state index contributed by atoms with van der Waals surface area (Å²) >= 11 is 0. The number of nitrogens with one attached hydrogen (secondary N) is 1. The van der Waals surface area contributed by atoms with Gasteiger partial charge in [0.25, 0.3) is 0 Å². The van der Waals surface area contributed by atoms with E-state index < -0.39 is 5.97 Å². The topological polar surface area (TPSA) is 52.6 Å². The molecule has 2 aliphatic carbocycles. The molecule has 4 heteroatoms. The lowest BCUT2D eigenvalue weighted by molar-refractivity contribution is -0.140. The van der Waals surface area contributed by atoms with Crippen LogP contribution in [0.2, 0.25) is 0 Å².